The smallest absolute Gasteiger partial charge is 0.238 e. The van der Waals surface area contributed by atoms with Gasteiger partial charge in [-0.1, -0.05) is 6.92 Å². The van der Waals surface area contributed by atoms with Gasteiger partial charge in [-0.05, 0) is 19.8 Å². The van der Waals surface area contributed by atoms with Gasteiger partial charge in [-0.25, -0.2) is 4.98 Å². The van der Waals surface area contributed by atoms with Crippen LogP contribution in [-0.2, 0) is 17.8 Å². The number of hydrogen-bond donors (Lipinski definition) is 2. The number of nitrogens with zero attached hydrogens (tertiary/aromatic N) is 2. The van der Waals surface area contributed by atoms with Gasteiger partial charge in [0.05, 0.1) is 10.7 Å². The predicted molar refractivity (Wildman–Crippen MR) is 81.9 cm³/mol. The zero-order valence-electron chi connectivity index (χ0n) is 12.3. The van der Waals surface area contributed by atoms with Crippen molar-refractivity contribution in [3.8, 4) is 0 Å². The first-order valence-electron chi connectivity index (χ1n) is 7.40. The average molecular weight is 296 g/mol. The minimum atomic E-state index is -0.0833. The fourth-order valence-electron chi connectivity index (χ4n) is 2.44. The van der Waals surface area contributed by atoms with E-state index >= 15 is 0 Å². The fourth-order valence-corrected chi connectivity index (χ4v) is 3.34. The number of thiazole rings is 1. The van der Waals surface area contributed by atoms with Crippen LogP contribution in [0.1, 0.15) is 31.0 Å². The van der Waals surface area contributed by atoms with Gasteiger partial charge in [0.25, 0.3) is 0 Å². The maximum absolute atomic E-state index is 12.1. The third-order valence-electron chi connectivity index (χ3n) is 3.44. The molecule has 0 radical (unpaired) electrons. The highest BCUT2D eigenvalue weighted by molar-refractivity contribution is 7.09. The Balaban J connectivity index is 1.98. The summed E-state index contributed by atoms with van der Waals surface area (Å²) >= 11 is 1.73. The lowest BCUT2D eigenvalue weighted by Gasteiger charge is -2.34. The highest BCUT2D eigenvalue weighted by Gasteiger charge is 2.28. The second-order valence-corrected chi connectivity index (χ2v) is 6.01. The largest absolute Gasteiger partial charge is 0.355 e. The minimum absolute atomic E-state index is 0.0833. The van der Waals surface area contributed by atoms with Crippen molar-refractivity contribution >= 4 is 17.2 Å². The van der Waals surface area contributed by atoms with Crippen LogP contribution in [0, 0.1) is 0 Å². The number of likely N-dealkylation sites (N-methyl/N-ethyl adjacent to an activating group) is 1. The van der Waals surface area contributed by atoms with E-state index in [1.54, 1.807) is 11.3 Å². The number of carbonyl (C=O) groups is 1. The quantitative estimate of drug-likeness (QED) is 0.822. The van der Waals surface area contributed by atoms with Gasteiger partial charge in [0, 0.05) is 38.1 Å². The molecule has 0 spiro atoms. The Labute approximate surface area is 124 Å². The number of nitrogens with one attached hydrogen (secondary N) is 2. The normalized spacial score (nSPS) is 20.0. The molecule has 0 bridgehead atoms. The van der Waals surface area contributed by atoms with E-state index in [4.69, 9.17) is 0 Å². The van der Waals surface area contributed by atoms with Crippen LogP contribution in [0.25, 0.3) is 0 Å². The van der Waals surface area contributed by atoms with E-state index < -0.39 is 0 Å². The summed E-state index contributed by atoms with van der Waals surface area (Å²) in [6, 6.07) is -0.0833. The van der Waals surface area contributed by atoms with Crippen molar-refractivity contribution in [1.29, 1.82) is 0 Å². The summed E-state index contributed by atoms with van der Waals surface area (Å²) in [6.45, 7) is 8.12. The van der Waals surface area contributed by atoms with Crippen molar-refractivity contribution in [1.82, 2.24) is 20.5 Å². The van der Waals surface area contributed by atoms with Crippen LogP contribution < -0.4 is 10.6 Å². The van der Waals surface area contributed by atoms with Crippen LogP contribution >= 0.6 is 11.3 Å². The number of aryl methyl sites for hydroxylation is 1. The van der Waals surface area contributed by atoms with E-state index in [9.17, 15) is 4.79 Å². The summed E-state index contributed by atoms with van der Waals surface area (Å²) in [7, 11) is 0. The summed E-state index contributed by atoms with van der Waals surface area (Å²) < 4.78 is 0. The molecule has 1 fully saturated rings. The Kier molecular flexibility index (Phi) is 5.94. The maximum atomic E-state index is 12.1. The Morgan fingerprint density at radius 1 is 1.60 bits per heavy atom. The van der Waals surface area contributed by atoms with Crippen LogP contribution in [-0.4, -0.2) is 48.0 Å². The molecule has 6 heteroatoms. The van der Waals surface area contributed by atoms with E-state index in [1.165, 1.54) is 5.01 Å². The number of amides is 1. The average Bonchev–Trinajstić information content (AvgIpc) is 2.87. The highest BCUT2D eigenvalue weighted by atomic mass is 32.1. The summed E-state index contributed by atoms with van der Waals surface area (Å²) in [4.78, 5) is 19.0. The van der Waals surface area contributed by atoms with Crippen molar-refractivity contribution in [3.05, 3.63) is 16.1 Å². The second kappa shape index (κ2) is 7.71. The SMILES string of the molecule is CCCc1nc(CN2CCNCC2C(=O)NCC)cs1. The van der Waals surface area contributed by atoms with E-state index in [1.807, 2.05) is 6.92 Å². The van der Waals surface area contributed by atoms with Crippen LogP contribution in [0.4, 0.5) is 0 Å². The molecular formula is C14H24N4OS. The first-order valence-corrected chi connectivity index (χ1v) is 8.28. The molecule has 1 aliphatic heterocycles. The van der Waals surface area contributed by atoms with Crippen molar-refractivity contribution in [3.63, 3.8) is 0 Å². The summed E-state index contributed by atoms with van der Waals surface area (Å²) in [6.07, 6.45) is 2.17. The lowest BCUT2D eigenvalue weighted by atomic mass is 10.1. The molecular weight excluding hydrogens is 272 g/mol. The maximum Gasteiger partial charge on any atom is 0.238 e. The molecule has 2 N–H and O–H groups in total. The summed E-state index contributed by atoms with van der Waals surface area (Å²) in [5.41, 5.74) is 1.09. The van der Waals surface area contributed by atoms with E-state index in [2.05, 4.69) is 32.8 Å². The van der Waals surface area contributed by atoms with Crippen LogP contribution in [0.2, 0.25) is 0 Å². The van der Waals surface area contributed by atoms with Crippen LogP contribution in [0.5, 0.6) is 0 Å². The molecule has 2 heterocycles. The van der Waals surface area contributed by atoms with Crippen molar-refractivity contribution in [2.75, 3.05) is 26.2 Å². The Bertz CT molecular complexity index is 435. The van der Waals surface area contributed by atoms with Gasteiger partial charge in [0.15, 0.2) is 0 Å². The van der Waals surface area contributed by atoms with Gasteiger partial charge in [0.2, 0.25) is 5.91 Å². The molecule has 1 saturated heterocycles. The molecule has 20 heavy (non-hydrogen) atoms. The Morgan fingerprint density at radius 2 is 2.45 bits per heavy atom. The van der Waals surface area contributed by atoms with E-state index in [0.29, 0.717) is 6.54 Å². The Hall–Kier alpha value is -0.980. The Morgan fingerprint density at radius 3 is 3.20 bits per heavy atom. The topological polar surface area (TPSA) is 57.3 Å². The van der Waals surface area contributed by atoms with Gasteiger partial charge in [-0.3, -0.25) is 9.69 Å². The zero-order chi connectivity index (χ0) is 14.4. The van der Waals surface area contributed by atoms with E-state index in [-0.39, 0.29) is 11.9 Å². The molecule has 0 aliphatic carbocycles. The summed E-state index contributed by atoms with van der Waals surface area (Å²) in [5.74, 6) is 0.115. The van der Waals surface area contributed by atoms with Crippen molar-refractivity contribution in [2.45, 2.75) is 39.3 Å². The highest BCUT2D eigenvalue weighted by Crippen LogP contribution is 2.15. The van der Waals surface area contributed by atoms with Gasteiger partial charge in [-0.2, -0.15) is 0 Å². The van der Waals surface area contributed by atoms with Crippen LogP contribution in [0.3, 0.4) is 0 Å². The molecule has 1 aromatic heterocycles. The van der Waals surface area contributed by atoms with E-state index in [0.717, 1.165) is 44.7 Å². The third-order valence-corrected chi connectivity index (χ3v) is 4.39. The van der Waals surface area contributed by atoms with Crippen molar-refractivity contribution in [2.24, 2.45) is 0 Å². The number of hydrogen-bond acceptors (Lipinski definition) is 5. The number of piperazine rings is 1. The first kappa shape index (κ1) is 15.4. The lowest BCUT2D eigenvalue weighted by molar-refractivity contribution is -0.127. The van der Waals surface area contributed by atoms with Crippen molar-refractivity contribution < 1.29 is 4.79 Å². The molecule has 5 nitrogen and oxygen atoms in total. The molecule has 1 aromatic rings. The van der Waals surface area contributed by atoms with Gasteiger partial charge in [0.1, 0.15) is 6.04 Å². The molecule has 112 valence electrons. The standard InChI is InChI=1S/C14H24N4OS/c1-3-5-13-17-11(10-20-13)9-18-7-6-15-8-12(18)14(19)16-4-2/h10,12,15H,3-9H2,1-2H3,(H,16,19). The zero-order valence-corrected chi connectivity index (χ0v) is 13.1. The van der Waals surface area contributed by atoms with Gasteiger partial charge in [-0.15, -0.1) is 11.3 Å². The predicted octanol–water partition coefficient (Wildman–Crippen LogP) is 1.01. The monoisotopic (exact) mass is 296 g/mol. The van der Waals surface area contributed by atoms with Crippen LogP contribution in [0.15, 0.2) is 5.38 Å². The minimum Gasteiger partial charge on any atom is -0.355 e. The number of aromatic nitrogens is 1. The fraction of sp³-hybridized carbons (Fsp3) is 0.714. The summed E-state index contributed by atoms with van der Waals surface area (Å²) in [5, 5.41) is 9.54. The number of carbonyl (C=O) groups excluding carboxylic acids is 1. The third kappa shape index (κ3) is 4.01. The van der Waals surface area contributed by atoms with Gasteiger partial charge >= 0.3 is 0 Å². The molecule has 2 rings (SSSR count). The molecule has 0 saturated carbocycles. The molecule has 0 aromatic carbocycles. The molecule has 1 aliphatic rings. The molecule has 1 unspecified atom stereocenters. The second-order valence-electron chi connectivity index (χ2n) is 5.07. The molecule has 1 amide bonds. The molecule has 1 atom stereocenters. The van der Waals surface area contributed by atoms with Gasteiger partial charge < -0.3 is 10.6 Å². The first-order chi connectivity index (χ1) is 9.74. The number of rotatable bonds is 6. The lowest BCUT2D eigenvalue weighted by Crippen LogP contribution is -2.57.